The van der Waals surface area contributed by atoms with Crippen LogP contribution >= 0.6 is 0 Å². The standard InChI is InChI=1S/C23H18N4O2/c1-16-19(15-25-26-23(29)18-10-12-24-13-11-18)20-9-5-6-14-27(20)21(16)22(28)17-7-3-2-4-8-17/h2-15H,1H3,(H,26,29)/b25-15-. The highest BCUT2D eigenvalue weighted by Crippen LogP contribution is 2.24. The van der Waals surface area contributed by atoms with Gasteiger partial charge in [0.1, 0.15) is 0 Å². The van der Waals surface area contributed by atoms with Gasteiger partial charge in [0.15, 0.2) is 0 Å². The third-order valence-electron chi connectivity index (χ3n) is 4.69. The van der Waals surface area contributed by atoms with Gasteiger partial charge in [0.2, 0.25) is 5.78 Å². The van der Waals surface area contributed by atoms with Crippen LogP contribution in [-0.2, 0) is 0 Å². The number of nitrogens with one attached hydrogen (secondary N) is 1. The highest BCUT2D eigenvalue weighted by atomic mass is 16.2. The maximum Gasteiger partial charge on any atom is 0.271 e. The van der Waals surface area contributed by atoms with E-state index in [0.717, 1.165) is 16.6 Å². The number of benzene rings is 1. The Hall–Kier alpha value is -4.06. The van der Waals surface area contributed by atoms with Gasteiger partial charge in [-0.05, 0) is 36.8 Å². The fraction of sp³-hybridized carbons (Fsp3) is 0.0435. The summed E-state index contributed by atoms with van der Waals surface area (Å²) in [6, 6.07) is 18.1. The minimum Gasteiger partial charge on any atom is -0.313 e. The zero-order valence-corrected chi connectivity index (χ0v) is 15.7. The van der Waals surface area contributed by atoms with Crippen molar-refractivity contribution in [3.8, 4) is 0 Å². The first-order valence-corrected chi connectivity index (χ1v) is 9.09. The van der Waals surface area contributed by atoms with E-state index in [2.05, 4.69) is 15.5 Å². The van der Waals surface area contributed by atoms with Crippen molar-refractivity contribution in [2.24, 2.45) is 5.10 Å². The van der Waals surface area contributed by atoms with Gasteiger partial charge in [0.05, 0.1) is 17.4 Å². The van der Waals surface area contributed by atoms with Crippen molar-refractivity contribution in [2.75, 3.05) is 0 Å². The molecule has 1 amide bonds. The second kappa shape index (κ2) is 7.90. The normalized spacial score (nSPS) is 11.1. The molecule has 1 aromatic carbocycles. The van der Waals surface area contributed by atoms with Crippen molar-refractivity contribution in [2.45, 2.75) is 6.92 Å². The van der Waals surface area contributed by atoms with Crippen LogP contribution in [0.3, 0.4) is 0 Å². The van der Waals surface area contributed by atoms with Gasteiger partial charge >= 0.3 is 0 Å². The monoisotopic (exact) mass is 382 g/mol. The van der Waals surface area contributed by atoms with Crippen molar-refractivity contribution >= 4 is 23.4 Å². The molecular weight excluding hydrogens is 364 g/mol. The van der Waals surface area contributed by atoms with E-state index in [4.69, 9.17) is 0 Å². The molecule has 0 radical (unpaired) electrons. The molecule has 1 N–H and O–H groups in total. The number of carbonyl (C=O) groups is 2. The van der Waals surface area contributed by atoms with E-state index in [1.165, 1.54) is 0 Å². The Bertz CT molecular complexity index is 1210. The fourth-order valence-corrected chi connectivity index (χ4v) is 3.25. The molecule has 29 heavy (non-hydrogen) atoms. The molecule has 142 valence electrons. The lowest BCUT2D eigenvalue weighted by molar-refractivity contribution is 0.0954. The Balaban J connectivity index is 1.69. The number of hydrogen-bond acceptors (Lipinski definition) is 4. The molecule has 0 aliphatic rings. The van der Waals surface area contributed by atoms with E-state index in [-0.39, 0.29) is 11.7 Å². The van der Waals surface area contributed by atoms with E-state index in [1.807, 2.05) is 53.9 Å². The van der Waals surface area contributed by atoms with Gasteiger partial charge in [-0.2, -0.15) is 5.10 Å². The molecule has 0 aliphatic carbocycles. The zero-order chi connectivity index (χ0) is 20.2. The van der Waals surface area contributed by atoms with Crippen molar-refractivity contribution in [1.29, 1.82) is 0 Å². The Kier molecular flexibility index (Phi) is 4.99. The fourth-order valence-electron chi connectivity index (χ4n) is 3.25. The summed E-state index contributed by atoms with van der Waals surface area (Å²) >= 11 is 0. The van der Waals surface area contributed by atoms with Gasteiger partial charge in [-0.25, -0.2) is 5.43 Å². The lowest BCUT2D eigenvalue weighted by atomic mass is 10.0. The van der Waals surface area contributed by atoms with Crippen LogP contribution in [0.25, 0.3) is 5.52 Å². The van der Waals surface area contributed by atoms with Crippen LogP contribution in [0.5, 0.6) is 0 Å². The summed E-state index contributed by atoms with van der Waals surface area (Å²) < 4.78 is 1.86. The number of hydrogen-bond donors (Lipinski definition) is 1. The maximum atomic E-state index is 13.1. The van der Waals surface area contributed by atoms with Crippen molar-refractivity contribution in [1.82, 2.24) is 14.8 Å². The highest BCUT2D eigenvalue weighted by molar-refractivity contribution is 6.12. The molecule has 4 aromatic rings. The average Bonchev–Trinajstić information content (AvgIpc) is 3.06. The molecule has 0 spiro atoms. The molecule has 0 saturated heterocycles. The number of nitrogens with zero attached hydrogens (tertiary/aromatic N) is 3. The first kappa shape index (κ1) is 18.3. The molecule has 6 nitrogen and oxygen atoms in total. The smallest absolute Gasteiger partial charge is 0.271 e. The number of ketones is 1. The Morgan fingerprint density at radius 1 is 0.966 bits per heavy atom. The second-order valence-electron chi connectivity index (χ2n) is 6.47. The summed E-state index contributed by atoms with van der Waals surface area (Å²) in [4.78, 5) is 29.2. The predicted octanol–water partition coefficient (Wildman–Crippen LogP) is 3.64. The van der Waals surface area contributed by atoms with Gasteiger partial charge in [-0.3, -0.25) is 14.6 Å². The Morgan fingerprint density at radius 3 is 2.45 bits per heavy atom. The van der Waals surface area contributed by atoms with Crippen molar-refractivity contribution in [3.63, 3.8) is 0 Å². The Morgan fingerprint density at radius 2 is 1.69 bits per heavy atom. The number of hydrazone groups is 1. The number of aromatic nitrogens is 2. The molecule has 0 fully saturated rings. The molecule has 0 bridgehead atoms. The lowest BCUT2D eigenvalue weighted by Crippen LogP contribution is -2.17. The second-order valence-corrected chi connectivity index (χ2v) is 6.47. The topological polar surface area (TPSA) is 75.8 Å². The number of rotatable bonds is 5. The van der Waals surface area contributed by atoms with E-state index in [1.54, 1.807) is 42.9 Å². The summed E-state index contributed by atoms with van der Waals surface area (Å²) in [5.41, 5.74) is 6.60. The predicted molar refractivity (Wildman–Crippen MR) is 111 cm³/mol. The summed E-state index contributed by atoms with van der Waals surface area (Å²) in [6.45, 7) is 1.88. The van der Waals surface area contributed by atoms with E-state index in [0.29, 0.717) is 16.8 Å². The molecule has 0 atom stereocenters. The highest BCUT2D eigenvalue weighted by Gasteiger charge is 2.20. The summed E-state index contributed by atoms with van der Waals surface area (Å²) in [5.74, 6) is -0.393. The molecule has 6 heteroatoms. The lowest BCUT2D eigenvalue weighted by Gasteiger charge is -2.03. The number of carbonyl (C=O) groups excluding carboxylic acids is 2. The van der Waals surface area contributed by atoms with Crippen LogP contribution in [0.1, 0.15) is 37.5 Å². The van der Waals surface area contributed by atoms with Crippen molar-refractivity contribution < 1.29 is 9.59 Å². The molecule has 0 aliphatic heterocycles. The molecule has 4 rings (SSSR count). The minimum absolute atomic E-state index is 0.0650. The number of amides is 1. The largest absolute Gasteiger partial charge is 0.313 e. The molecule has 3 heterocycles. The van der Waals surface area contributed by atoms with Crippen LogP contribution in [-0.4, -0.2) is 27.3 Å². The van der Waals surface area contributed by atoms with Gasteiger partial charge in [0, 0.05) is 35.3 Å². The summed E-state index contributed by atoms with van der Waals surface area (Å²) in [6.07, 6.45) is 6.52. The van der Waals surface area contributed by atoms with Crippen molar-refractivity contribution in [3.05, 3.63) is 107 Å². The molecule has 0 unspecified atom stereocenters. The van der Waals surface area contributed by atoms with Crippen LogP contribution in [0.2, 0.25) is 0 Å². The van der Waals surface area contributed by atoms with Gasteiger partial charge in [-0.15, -0.1) is 0 Å². The summed E-state index contributed by atoms with van der Waals surface area (Å²) in [7, 11) is 0. The van der Waals surface area contributed by atoms with Gasteiger partial charge in [0.25, 0.3) is 5.91 Å². The first-order chi connectivity index (χ1) is 14.2. The summed E-state index contributed by atoms with van der Waals surface area (Å²) in [5, 5.41) is 4.10. The third kappa shape index (κ3) is 3.55. The van der Waals surface area contributed by atoms with Gasteiger partial charge in [-0.1, -0.05) is 36.4 Å². The zero-order valence-electron chi connectivity index (χ0n) is 15.7. The molecule has 0 saturated carbocycles. The number of pyridine rings is 2. The third-order valence-corrected chi connectivity index (χ3v) is 4.69. The number of fused-ring (bicyclic) bond motifs is 1. The molecular formula is C23H18N4O2. The quantitative estimate of drug-likeness (QED) is 0.325. The first-order valence-electron chi connectivity index (χ1n) is 9.09. The van der Waals surface area contributed by atoms with Crippen LogP contribution in [0, 0.1) is 6.92 Å². The van der Waals surface area contributed by atoms with Gasteiger partial charge < -0.3 is 4.40 Å². The van der Waals surface area contributed by atoms with Crippen LogP contribution < -0.4 is 5.43 Å². The average molecular weight is 382 g/mol. The Labute approximate surface area is 167 Å². The minimum atomic E-state index is -0.328. The van der Waals surface area contributed by atoms with E-state index >= 15 is 0 Å². The van der Waals surface area contributed by atoms with Crippen LogP contribution in [0.4, 0.5) is 0 Å². The SMILES string of the molecule is Cc1c(/C=N\NC(=O)c2ccncc2)c2ccccn2c1C(=O)c1ccccc1. The van der Waals surface area contributed by atoms with E-state index < -0.39 is 0 Å². The van der Waals surface area contributed by atoms with E-state index in [9.17, 15) is 9.59 Å². The molecule has 3 aromatic heterocycles. The maximum absolute atomic E-state index is 13.1. The van der Waals surface area contributed by atoms with Crippen LogP contribution in [0.15, 0.2) is 84.4 Å².